The smallest absolute Gasteiger partial charge is 0.304 e. The summed E-state index contributed by atoms with van der Waals surface area (Å²) in [6, 6.07) is 18.9. The molecule has 126 valence electrons. The van der Waals surface area contributed by atoms with Crippen LogP contribution < -0.4 is 0 Å². The van der Waals surface area contributed by atoms with E-state index < -0.39 is 5.97 Å². The molecular weight excluding hydrogens is 320 g/mol. The molecule has 0 aromatic heterocycles. The summed E-state index contributed by atoms with van der Waals surface area (Å²) in [5.41, 5.74) is 2.56. The molecule has 1 fully saturated rings. The average molecular weight is 342 g/mol. The highest BCUT2D eigenvalue weighted by molar-refractivity contribution is 8.00. The van der Waals surface area contributed by atoms with Crippen molar-refractivity contribution in [3.8, 4) is 0 Å². The van der Waals surface area contributed by atoms with Crippen molar-refractivity contribution in [3.05, 3.63) is 65.7 Å². The normalized spacial score (nSPS) is 16.7. The van der Waals surface area contributed by atoms with E-state index in [1.54, 1.807) is 11.8 Å². The van der Waals surface area contributed by atoms with E-state index in [0.29, 0.717) is 13.2 Å². The van der Waals surface area contributed by atoms with Gasteiger partial charge in [-0.2, -0.15) is 0 Å². The number of benzene rings is 2. The van der Waals surface area contributed by atoms with Crippen LogP contribution in [-0.2, 0) is 16.0 Å². The third kappa shape index (κ3) is 4.62. The fourth-order valence-corrected chi connectivity index (χ4v) is 4.43. The Labute approximate surface area is 147 Å². The molecule has 24 heavy (non-hydrogen) atoms. The lowest BCUT2D eigenvalue weighted by Gasteiger charge is -2.35. The molecule has 0 radical (unpaired) electrons. The number of aliphatic carboxylic acids is 1. The molecule has 2 aromatic rings. The van der Waals surface area contributed by atoms with Crippen molar-refractivity contribution in [3.63, 3.8) is 0 Å². The van der Waals surface area contributed by atoms with Crippen LogP contribution in [0.1, 0.15) is 30.4 Å². The molecule has 3 rings (SSSR count). The largest absolute Gasteiger partial charge is 0.481 e. The van der Waals surface area contributed by atoms with E-state index in [2.05, 4.69) is 48.5 Å². The van der Waals surface area contributed by atoms with E-state index in [1.807, 2.05) is 6.07 Å². The van der Waals surface area contributed by atoms with Crippen molar-refractivity contribution in [1.82, 2.24) is 0 Å². The van der Waals surface area contributed by atoms with Crippen molar-refractivity contribution in [2.24, 2.45) is 0 Å². The number of carboxylic acid groups (broad SMARTS) is 1. The van der Waals surface area contributed by atoms with Gasteiger partial charge < -0.3 is 9.84 Å². The van der Waals surface area contributed by atoms with Gasteiger partial charge in [0.05, 0.1) is 6.42 Å². The van der Waals surface area contributed by atoms with E-state index in [0.717, 1.165) is 24.2 Å². The first-order chi connectivity index (χ1) is 11.7. The van der Waals surface area contributed by atoms with E-state index in [-0.39, 0.29) is 11.2 Å². The SMILES string of the molecule is O=C(O)CC1(Sc2ccc(Cc3ccccc3)cc2)CCOCC1. The van der Waals surface area contributed by atoms with Crippen molar-refractivity contribution in [2.75, 3.05) is 13.2 Å². The molecule has 2 aromatic carbocycles. The zero-order valence-corrected chi connectivity index (χ0v) is 14.4. The molecule has 1 aliphatic rings. The molecule has 0 unspecified atom stereocenters. The number of carbonyl (C=O) groups is 1. The lowest BCUT2D eigenvalue weighted by molar-refractivity contribution is -0.138. The number of carboxylic acids is 1. The minimum absolute atomic E-state index is 0.187. The maximum Gasteiger partial charge on any atom is 0.304 e. The van der Waals surface area contributed by atoms with E-state index in [1.165, 1.54) is 11.1 Å². The lowest BCUT2D eigenvalue weighted by Crippen LogP contribution is -2.35. The lowest BCUT2D eigenvalue weighted by atomic mass is 9.95. The Hall–Kier alpha value is -1.78. The third-order valence-electron chi connectivity index (χ3n) is 4.39. The molecular formula is C20H22O3S. The second-order valence-electron chi connectivity index (χ2n) is 6.27. The van der Waals surface area contributed by atoms with E-state index in [4.69, 9.17) is 4.74 Å². The Kier molecular flexibility index (Phi) is 5.59. The van der Waals surface area contributed by atoms with Gasteiger partial charge in [0.2, 0.25) is 0 Å². The molecule has 0 spiro atoms. The van der Waals surface area contributed by atoms with Crippen molar-refractivity contribution >= 4 is 17.7 Å². The van der Waals surface area contributed by atoms with Crippen LogP contribution in [-0.4, -0.2) is 29.0 Å². The first kappa shape index (κ1) is 17.1. The second-order valence-corrected chi connectivity index (χ2v) is 7.82. The maximum atomic E-state index is 11.3. The van der Waals surface area contributed by atoms with Gasteiger partial charge in [-0.15, -0.1) is 11.8 Å². The minimum Gasteiger partial charge on any atom is -0.481 e. The minimum atomic E-state index is -0.731. The van der Waals surface area contributed by atoms with Crippen LogP contribution in [0.5, 0.6) is 0 Å². The van der Waals surface area contributed by atoms with Gasteiger partial charge in [0, 0.05) is 22.9 Å². The van der Waals surface area contributed by atoms with Crippen LogP contribution in [0.25, 0.3) is 0 Å². The van der Waals surface area contributed by atoms with Crippen LogP contribution in [0.15, 0.2) is 59.5 Å². The third-order valence-corrected chi connectivity index (χ3v) is 5.88. The van der Waals surface area contributed by atoms with Gasteiger partial charge in [-0.1, -0.05) is 42.5 Å². The summed E-state index contributed by atoms with van der Waals surface area (Å²) in [7, 11) is 0. The number of rotatable bonds is 6. The number of ether oxygens (including phenoxy) is 1. The van der Waals surface area contributed by atoms with Crippen LogP contribution in [0.3, 0.4) is 0 Å². The van der Waals surface area contributed by atoms with Crippen molar-refractivity contribution in [1.29, 1.82) is 0 Å². The molecule has 1 saturated heterocycles. The highest BCUT2D eigenvalue weighted by Gasteiger charge is 2.36. The molecule has 0 amide bonds. The number of thioether (sulfide) groups is 1. The molecule has 0 atom stereocenters. The van der Waals surface area contributed by atoms with E-state index >= 15 is 0 Å². The fourth-order valence-electron chi connectivity index (χ4n) is 3.09. The molecule has 1 aliphatic heterocycles. The Morgan fingerprint density at radius 2 is 1.62 bits per heavy atom. The first-order valence-corrected chi connectivity index (χ1v) is 9.08. The predicted molar refractivity (Wildman–Crippen MR) is 96.6 cm³/mol. The Bertz CT molecular complexity index is 661. The van der Waals surface area contributed by atoms with Gasteiger partial charge in [0.25, 0.3) is 0 Å². The molecule has 4 heteroatoms. The average Bonchev–Trinajstić information content (AvgIpc) is 2.58. The summed E-state index contributed by atoms with van der Waals surface area (Å²) in [5, 5.41) is 9.26. The van der Waals surface area contributed by atoms with Crippen LogP contribution in [0, 0.1) is 0 Å². The predicted octanol–water partition coefficient (Wildman–Crippen LogP) is 4.39. The molecule has 0 bridgehead atoms. The van der Waals surface area contributed by atoms with Gasteiger partial charge in [0.15, 0.2) is 0 Å². The zero-order chi connectivity index (χ0) is 16.8. The molecule has 1 heterocycles. The molecule has 3 nitrogen and oxygen atoms in total. The van der Waals surface area contributed by atoms with Gasteiger partial charge in [0.1, 0.15) is 0 Å². The standard InChI is InChI=1S/C20H22O3S/c21-19(22)15-20(10-12-23-13-11-20)24-18-8-6-17(7-9-18)14-16-4-2-1-3-5-16/h1-9H,10-15H2,(H,21,22). The van der Waals surface area contributed by atoms with Gasteiger partial charge in [-0.05, 0) is 42.5 Å². The quantitative estimate of drug-likeness (QED) is 0.845. The van der Waals surface area contributed by atoms with Gasteiger partial charge in [-0.25, -0.2) is 0 Å². The summed E-state index contributed by atoms with van der Waals surface area (Å²) >= 11 is 1.69. The van der Waals surface area contributed by atoms with Crippen molar-refractivity contribution < 1.29 is 14.6 Å². The maximum absolute atomic E-state index is 11.3. The summed E-state index contributed by atoms with van der Waals surface area (Å²) < 4.78 is 5.18. The molecule has 0 aliphatic carbocycles. The Morgan fingerprint density at radius 1 is 1.00 bits per heavy atom. The first-order valence-electron chi connectivity index (χ1n) is 8.27. The van der Waals surface area contributed by atoms with Crippen LogP contribution >= 0.6 is 11.8 Å². The van der Waals surface area contributed by atoms with Crippen molar-refractivity contribution in [2.45, 2.75) is 35.3 Å². The van der Waals surface area contributed by atoms with Gasteiger partial charge >= 0.3 is 5.97 Å². The molecule has 0 saturated carbocycles. The topological polar surface area (TPSA) is 46.5 Å². The van der Waals surface area contributed by atoms with Crippen LogP contribution in [0.4, 0.5) is 0 Å². The zero-order valence-electron chi connectivity index (χ0n) is 13.6. The summed E-state index contributed by atoms with van der Waals surface area (Å²) in [6.45, 7) is 1.29. The highest BCUT2D eigenvalue weighted by atomic mass is 32.2. The number of hydrogen-bond donors (Lipinski definition) is 1. The van der Waals surface area contributed by atoms with E-state index in [9.17, 15) is 9.90 Å². The fraction of sp³-hybridized carbons (Fsp3) is 0.350. The van der Waals surface area contributed by atoms with Gasteiger partial charge in [-0.3, -0.25) is 4.79 Å². The summed E-state index contributed by atoms with van der Waals surface area (Å²) in [5.74, 6) is -0.731. The summed E-state index contributed by atoms with van der Waals surface area (Å²) in [4.78, 5) is 12.4. The number of hydrogen-bond acceptors (Lipinski definition) is 3. The second kappa shape index (κ2) is 7.86. The monoisotopic (exact) mass is 342 g/mol. The summed E-state index contributed by atoms with van der Waals surface area (Å²) in [6.07, 6.45) is 2.68. The van der Waals surface area contributed by atoms with Crippen LogP contribution in [0.2, 0.25) is 0 Å². The highest BCUT2D eigenvalue weighted by Crippen LogP contribution is 2.43. The Morgan fingerprint density at radius 3 is 2.25 bits per heavy atom. The molecule has 1 N–H and O–H groups in total. The Balaban J connectivity index is 1.69.